The molecule has 0 amide bonds. The van der Waals surface area contributed by atoms with Crippen molar-refractivity contribution in [3.8, 4) is 5.69 Å². The van der Waals surface area contributed by atoms with Gasteiger partial charge in [0.25, 0.3) is 0 Å². The Labute approximate surface area is 154 Å². The molecule has 2 aromatic carbocycles. The van der Waals surface area contributed by atoms with Gasteiger partial charge in [0.05, 0.1) is 11.9 Å². The van der Waals surface area contributed by atoms with E-state index in [9.17, 15) is 0 Å². The molecule has 0 saturated carbocycles. The highest BCUT2D eigenvalue weighted by molar-refractivity contribution is 7.80. The quantitative estimate of drug-likeness (QED) is 0.711. The summed E-state index contributed by atoms with van der Waals surface area (Å²) < 4.78 is 1.88. The maximum Gasteiger partial charge on any atom is 0.173 e. The number of aryl methyl sites for hydroxylation is 2. The first kappa shape index (κ1) is 17.2. The van der Waals surface area contributed by atoms with Gasteiger partial charge in [0, 0.05) is 31.0 Å². The van der Waals surface area contributed by atoms with Crippen LogP contribution in [0.1, 0.15) is 16.7 Å². The fraction of sp³-hybridized carbons (Fsp3) is 0.200. The van der Waals surface area contributed by atoms with Crippen LogP contribution in [0.15, 0.2) is 60.9 Å². The van der Waals surface area contributed by atoms with Gasteiger partial charge in [-0.3, -0.25) is 0 Å². The molecule has 0 aliphatic carbocycles. The first-order chi connectivity index (χ1) is 12.0. The fourth-order valence-corrected chi connectivity index (χ4v) is 2.73. The van der Waals surface area contributed by atoms with Crippen molar-refractivity contribution >= 4 is 23.0 Å². The van der Waals surface area contributed by atoms with Gasteiger partial charge in [0.15, 0.2) is 5.11 Å². The van der Waals surface area contributed by atoms with Crippen molar-refractivity contribution < 1.29 is 0 Å². The number of hydrogen-bond donors (Lipinski definition) is 1. The highest BCUT2D eigenvalue weighted by Crippen LogP contribution is 2.15. The molecule has 0 aliphatic heterocycles. The van der Waals surface area contributed by atoms with Crippen LogP contribution in [-0.4, -0.2) is 26.8 Å². The van der Waals surface area contributed by atoms with Gasteiger partial charge in [-0.05, 0) is 61.5 Å². The van der Waals surface area contributed by atoms with E-state index in [0.29, 0.717) is 11.7 Å². The predicted molar refractivity (Wildman–Crippen MR) is 107 cm³/mol. The Hall–Kier alpha value is -2.66. The molecule has 1 N–H and O–H groups in total. The predicted octanol–water partition coefficient (Wildman–Crippen LogP) is 4.32. The lowest BCUT2D eigenvalue weighted by Gasteiger charge is -2.20. The molecule has 0 unspecified atom stereocenters. The van der Waals surface area contributed by atoms with E-state index in [4.69, 9.17) is 12.2 Å². The van der Waals surface area contributed by atoms with Crippen molar-refractivity contribution in [2.75, 3.05) is 12.4 Å². The summed E-state index contributed by atoms with van der Waals surface area (Å²) in [5, 5.41) is 8.42. The van der Waals surface area contributed by atoms with Gasteiger partial charge < -0.3 is 10.2 Å². The summed E-state index contributed by atoms with van der Waals surface area (Å²) in [5.74, 6) is 0. The summed E-state index contributed by atoms with van der Waals surface area (Å²) in [6.45, 7) is 4.91. The summed E-state index contributed by atoms with van der Waals surface area (Å²) in [6, 6.07) is 16.3. The number of benzene rings is 2. The molecular weight excluding hydrogens is 328 g/mol. The molecule has 5 heteroatoms. The Morgan fingerprint density at radius 1 is 1.12 bits per heavy atom. The number of thiocarbonyl (C=S) groups is 1. The van der Waals surface area contributed by atoms with Gasteiger partial charge in [-0.25, -0.2) is 4.68 Å². The maximum absolute atomic E-state index is 5.52. The average molecular weight is 350 g/mol. The zero-order valence-electron chi connectivity index (χ0n) is 14.7. The van der Waals surface area contributed by atoms with Gasteiger partial charge in [-0.15, -0.1) is 0 Å². The van der Waals surface area contributed by atoms with Crippen LogP contribution in [0, 0.1) is 13.8 Å². The third-order valence-corrected chi connectivity index (χ3v) is 4.60. The van der Waals surface area contributed by atoms with E-state index in [1.165, 1.54) is 11.1 Å². The lowest BCUT2D eigenvalue weighted by atomic mass is 10.1. The van der Waals surface area contributed by atoms with E-state index in [1.807, 2.05) is 59.4 Å². The minimum Gasteiger partial charge on any atom is -0.348 e. The molecule has 0 fully saturated rings. The maximum atomic E-state index is 5.52. The smallest absolute Gasteiger partial charge is 0.173 e. The standard InChI is InChI=1S/C20H22N4S/c1-15-9-10-18(11-16(15)2)22-20(25)23(3)13-17-12-21-24(14-17)19-7-5-4-6-8-19/h4-12,14H,13H2,1-3H3,(H,22,25). The first-order valence-electron chi connectivity index (χ1n) is 8.21. The molecule has 4 nitrogen and oxygen atoms in total. The number of para-hydroxylation sites is 1. The molecule has 0 saturated heterocycles. The van der Waals surface area contributed by atoms with Gasteiger partial charge in [0.1, 0.15) is 0 Å². The highest BCUT2D eigenvalue weighted by Gasteiger charge is 2.08. The molecule has 0 aliphatic rings. The number of anilines is 1. The molecule has 128 valence electrons. The fourth-order valence-electron chi connectivity index (χ4n) is 2.55. The van der Waals surface area contributed by atoms with Crippen LogP contribution in [0.4, 0.5) is 5.69 Å². The first-order valence-corrected chi connectivity index (χ1v) is 8.62. The molecular formula is C20H22N4S. The van der Waals surface area contributed by atoms with Crippen molar-refractivity contribution in [3.05, 3.63) is 77.6 Å². The van der Waals surface area contributed by atoms with Crippen molar-refractivity contribution in [2.45, 2.75) is 20.4 Å². The number of rotatable bonds is 4. The van der Waals surface area contributed by atoms with E-state index in [1.54, 1.807) is 0 Å². The van der Waals surface area contributed by atoms with E-state index < -0.39 is 0 Å². The number of nitrogens with zero attached hydrogens (tertiary/aromatic N) is 3. The van der Waals surface area contributed by atoms with Gasteiger partial charge in [-0.1, -0.05) is 24.3 Å². The number of nitrogens with one attached hydrogen (secondary N) is 1. The molecule has 3 rings (SSSR count). The Morgan fingerprint density at radius 2 is 1.88 bits per heavy atom. The van der Waals surface area contributed by atoms with Crippen LogP contribution < -0.4 is 5.32 Å². The lowest BCUT2D eigenvalue weighted by Crippen LogP contribution is -2.30. The molecule has 1 aromatic heterocycles. The van der Waals surface area contributed by atoms with E-state index in [-0.39, 0.29) is 0 Å². The van der Waals surface area contributed by atoms with E-state index in [2.05, 4.69) is 42.5 Å². The normalized spacial score (nSPS) is 10.5. The monoisotopic (exact) mass is 350 g/mol. The molecule has 0 radical (unpaired) electrons. The molecule has 3 aromatic rings. The number of aromatic nitrogens is 2. The van der Waals surface area contributed by atoms with Gasteiger partial charge in [0.2, 0.25) is 0 Å². The van der Waals surface area contributed by atoms with Crippen molar-refractivity contribution in [1.29, 1.82) is 0 Å². The SMILES string of the molecule is Cc1ccc(NC(=S)N(C)Cc2cnn(-c3ccccc3)c2)cc1C. The second-order valence-corrected chi connectivity index (χ2v) is 6.60. The van der Waals surface area contributed by atoms with Crippen LogP contribution in [0.5, 0.6) is 0 Å². The summed E-state index contributed by atoms with van der Waals surface area (Å²) in [6.07, 6.45) is 3.91. The van der Waals surface area contributed by atoms with Crippen LogP contribution in [0.25, 0.3) is 5.69 Å². The van der Waals surface area contributed by atoms with Crippen LogP contribution in [-0.2, 0) is 6.54 Å². The largest absolute Gasteiger partial charge is 0.348 e. The Balaban J connectivity index is 1.63. The van der Waals surface area contributed by atoms with E-state index in [0.717, 1.165) is 16.9 Å². The molecule has 0 bridgehead atoms. The number of hydrogen-bond acceptors (Lipinski definition) is 2. The third-order valence-electron chi connectivity index (χ3n) is 4.18. The van der Waals surface area contributed by atoms with Crippen LogP contribution >= 0.6 is 12.2 Å². The van der Waals surface area contributed by atoms with Crippen LogP contribution in [0.2, 0.25) is 0 Å². The summed E-state index contributed by atoms with van der Waals surface area (Å²) in [5.41, 5.74) is 5.69. The zero-order chi connectivity index (χ0) is 17.8. The molecule has 1 heterocycles. The van der Waals surface area contributed by atoms with Crippen LogP contribution in [0.3, 0.4) is 0 Å². The summed E-state index contributed by atoms with van der Waals surface area (Å²) in [7, 11) is 1.98. The lowest BCUT2D eigenvalue weighted by molar-refractivity contribution is 0.508. The van der Waals surface area contributed by atoms with Crippen molar-refractivity contribution in [1.82, 2.24) is 14.7 Å². The summed E-state index contributed by atoms with van der Waals surface area (Å²) in [4.78, 5) is 2.01. The van der Waals surface area contributed by atoms with Gasteiger partial charge in [-0.2, -0.15) is 5.10 Å². The van der Waals surface area contributed by atoms with Gasteiger partial charge >= 0.3 is 0 Å². The minimum atomic E-state index is 0.690. The Kier molecular flexibility index (Phi) is 5.14. The molecule has 0 atom stereocenters. The highest BCUT2D eigenvalue weighted by atomic mass is 32.1. The zero-order valence-corrected chi connectivity index (χ0v) is 15.5. The van der Waals surface area contributed by atoms with E-state index >= 15 is 0 Å². The van der Waals surface area contributed by atoms with Crippen molar-refractivity contribution in [3.63, 3.8) is 0 Å². The Bertz CT molecular complexity index is 870. The van der Waals surface area contributed by atoms with Crippen molar-refractivity contribution in [2.24, 2.45) is 0 Å². The third kappa shape index (κ3) is 4.25. The average Bonchev–Trinajstić information content (AvgIpc) is 3.07. The topological polar surface area (TPSA) is 33.1 Å². The Morgan fingerprint density at radius 3 is 2.60 bits per heavy atom. The molecule has 0 spiro atoms. The summed E-state index contributed by atoms with van der Waals surface area (Å²) >= 11 is 5.52. The second kappa shape index (κ2) is 7.49. The second-order valence-electron chi connectivity index (χ2n) is 6.21. The molecule has 25 heavy (non-hydrogen) atoms. The minimum absolute atomic E-state index is 0.690.